The molecule has 2 amide bonds. The summed E-state index contributed by atoms with van der Waals surface area (Å²) >= 11 is 0. The SMILES string of the molecule is Cc1ccc(S(=O)(=O)NCC(=O)NCC(=O)O[C@@H](C)C(=O)N(C)C)cc1. The van der Waals surface area contributed by atoms with Crippen LogP contribution in [0.5, 0.6) is 0 Å². The highest BCUT2D eigenvalue weighted by molar-refractivity contribution is 7.89. The van der Waals surface area contributed by atoms with E-state index in [1.807, 2.05) is 6.92 Å². The lowest BCUT2D eigenvalue weighted by atomic mass is 10.2. The van der Waals surface area contributed by atoms with E-state index in [1.165, 1.54) is 38.1 Å². The number of esters is 1. The fourth-order valence-corrected chi connectivity index (χ4v) is 2.83. The van der Waals surface area contributed by atoms with Crippen LogP contribution in [-0.2, 0) is 29.1 Å². The van der Waals surface area contributed by atoms with Gasteiger partial charge in [0.25, 0.3) is 5.91 Å². The number of nitrogens with zero attached hydrogens (tertiary/aromatic N) is 1. The van der Waals surface area contributed by atoms with Crippen LogP contribution in [0.15, 0.2) is 29.2 Å². The maximum atomic E-state index is 12.0. The Hall–Kier alpha value is -2.46. The Bertz CT molecular complexity index is 759. The summed E-state index contributed by atoms with van der Waals surface area (Å²) in [5, 5.41) is 2.22. The van der Waals surface area contributed by atoms with Gasteiger partial charge in [-0.15, -0.1) is 0 Å². The number of rotatable bonds is 8. The van der Waals surface area contributed by atoms with Gasteiger partial charge in [0.05, 0.1) is 11.4 Å². The summed E-state index contributed by atoms with van der Waals surface area (Å²) in [6.07, 6.45) is -0.977. The Morgan fingerprint density at radius 2 is 1.69 bits per heavy atom. The van der Waals surface area contributed by atoms with Crippen LogP contribution in [0.2, 0.25) is 0 Å². The first-order valence-corrected chi connectivity index (χ1v) is 9.25. The van der Waals surface area contributed by atoms with Crippen LogP contribution in [0.4, 0.5) is 0 Å². The molecule has 0 aliphatic rings. The lowest BCUT2D eigenvalue weighted by Crippen LogP contribution is -2.41. The molecule has 2 N–H and O–H groups in total. The number of hydrogen-bond acceptors (Lipinski definition) is 6. The Kier molecular flexibility index (Phi) is 7.72. The molecule has 0 fully saturated rings. The van der Waals surface area contributed by atoms with Crippen molar-refractivity contribution in [3.63, 3.8) is 0 Å². The van der Waals surface area contributed by atoms with E-state index in [4.69, 9.17) is 4.74 Å². The van der Waals surface area contributed by atoms with E-state index in [9.17, 15) is 22.8 Å². The summed E-state index contributed by atoms with van der Waals surface area (Å²) in [6.45, 7) is 2.23. The predicted molar refractivity (Wildman–Crippen MR) is 93.6 cm³/mol. The third-order valence-electron chi connectivity index (χ3n) is 3.28. The molecule has 1 aromatic rings. The molecule has 0 saturated carbocycles. The monoisotopic (exact) mass is 385 g/mol. The van der Waals surface area contributed by atoms with Crippen molar-refractivity contribution in [1.82, 2.24) is 14.9 Å². The Balaban J connectivity index is 2.43. The summed E-state index contributed by atoms with van der Waals surface area (Å²) in [7, 11) is -0.783. The van der Waals surface area contributed by atoms with E-state index >= 15 is 0 Å². The minimum absolute atomic E-state index is 0.0336. The van der Waals surface area contributed by atoms with Gasteiger partial charge in [0, 0.05) is 14.1 Å². The Morgan fingerprint density at radius 3 is 2.23 bits per heavy atom. The first-order valence-electron chi connectivity index (χ1n) is 7.76. The standard InChI is InChI=1S/C16H23N3O6S/c1-11-5-7-13(8-6-11)26(23,24)18-9-14(20)17-10-15(21)25-12(2)16(22)19(3)4/h5-8,12,18H,9-10H2,1-4H3,(H,17,20)/t12-/m0/s1. The summed E-state index contributed by atoms with van der Waals surface area (Å²) in [4.78, 5) is 36.2. The number of benzene rings is 1. The topological polar surface area (TPSA) is 122 Å². The lowest BCUT2D eigenvalue weighted by Gasteiger charge is -2.17. The van der Waals surface area contributed by atoms with Gasteiger partial charge in [0.15, 0.2) is 6.10 Å². The molecule has 0 aliphatic carbocycles. The second-order valence-electron chi connectivity index (χ2n) is 5.78. The molecule has 0 aromatic heterocycles. The van der Waals surface area contributed by atoms with E-state index in [0.717, 1.165) is 5.56 Å². The third-order valence-corrected chi connectivity index (χ3v) is 4.70. The molecule has 0 spiro atoms. The van der Waals surface area contributed by atoms with Crippen LogP contribution < -0.4 is 10.0 Å². The van der Waals surface area contributed by atoms with Crippen LogP contribution in [0.25, 0.3) is 0 Å². The quantitative estimate of drug-likeness (QED) is 0.577. The molecule has 26 heavy (non-hydrogen) atoms. The van der Waals surface area contributed by atoms with Gasteiger partial charge in [-0.1, -0.05) is 17.7 Å². The van der Waals surface area contributed by atoms with Crippen LogP contribution in [0, 0.1) is 6.92 Å². The van der Waals surface area contributed by atoms with Gasteiger partial charge in [-0.25, -0.2) is 13.1 Å². The normalized spacial score (nSPS) is 12.2. The second-order valence-corrected chi connectivity index (χ2v) is 7.55. The van der Waals surface area contributed by atoms with Crippen LogP contribution in [0.1, 0.15) is 12.5 Å². The molecule has 0 saturated heterocycles. The molecule has 9 nitrogen and oxygen atoms in total. The minimum Gasteiger partial charge on any atom is -0.451 e. The zero-order chi connectivity index (χ0) is 19.9. The van der Waals surface area contributed by atoms with Crippen molar-refractivity contribution in [1.29, 1.82) is 0 Å². The molecule has 0 aliphatic heterocycles. The molecule has 1 atom stereocenters. The first-order chi connectivity index (χ1) is 12.0. The van der Waals surface area contributed by atoms with Crippen LogP contribution in [-0.4, -0.2) is 64.4 Å². The predicted octanol–water partition coefficient (Wildman–Crippen LogP) is -0.591. The van der Waals surface area contributed by atoms with Crippen molar-refractivity contribution in [2.45, 2.75) is 24.8 Å². The van der Waals surface area contributed by atoms with E-state index in [0.29, 0.717) is 0 Å². The van der Waals surface area contributed by atoms with Gasteiger partial charge in [0.2, 0.25) is 15.9 Å². The molecule has 0 bridgehead atoms. The highest BCUT2D eigenvalue weighted by atomic mass is 32.2. The number of hydrogen-bond donors (Lipinski definition) is 2. The number of sulfonamides is 1. The number of nitrogens with one attached hydrogen (secondary N) is 2. The number of carbonyl (C=O) groups excluding carboxylic acids is 3. The van der Waals surface area contributed by atoms with Gasteiger partial charge in [-0.05, 0) is 26.0 Å². The van der Waals surface area contributed by atoms with E-state index in [-0.39, 0.29) is 4.90 Å². The maximum absolute atomic E-state index is 12.0. The van der Waals surface area contributed by atoms with Crippen molar-refractivity contribution in [2.24, 2.45) is 0 Å². The maximum Gasteiger partial charge on any atom is 0.326 e. The average Bonchev–Trinajstić information content (AvgIpc) is 2.57. The van der Waals surface area contributed by atoms with Crippen LogP contribution in [0.3, 0.4) is 0 Å². The van der Waals surface area contributed by atoms with Gasteiger partial charge < -0.3 is 15.0 Å². The largest absolute Gasteiger partial charge is 0.451 e. The van der Waals surface area contributed by atoms with Gasteiger partial charge in [0.1, 0.15) is 6.54 Å². The molecule has 10 heteroatoms. The molecule has 144 valence electrons. The smallest absolute Gasteiger partial charge is 0.326 e. The number of carbonyl (C=O) groups is 3. The third kappa shape index (κ3) is 6.81. The summed E-state index contributed by atoms with van der Waals surface area (Å²) < 4.78 is 31.1. The molecular weight excluding hydrogens is 362 g/mol. The number of ether oxygens (including phenoxy) is 1. The van der Waals surface area contributed by atoms with E-state index in [2.05, 4.69) is 10.0 Å². The fraction of sp³-hybridized carbons (Fsp3) is 0.438. The Labute approximate surface area is 152 Å². The zero-order valence-electron chi connectivity index (χ0n) is 15.1. The Morgan fingerprint density at radius 1 is 1.12 bits per heavy atom. The van der Waals surface area contributed by atoms with Crippen molar-refractivity contribution in [3.05, 3.63) is 29.8 Å². The fourth-order valence-electron chi connectivity index (χ4n) is 1.85. The van der Waals surface area contributed by atoms with Gasteiger partial charge >= 0.3 is 5.97 Å². The highest BCUT2D eigenvalue weighted by Crippen LogP contribution is 2.09. The summed E-state index contributed by atoms with van der Waals surface area (Å²) in [5.74, 6) is -1.90. The second kappa shape index (κ2) is 9.30. The zero-order valence-corrected chi connectivity index (χ0v) is 15.9. The van der Waals surface area contributed by atoms with E-state index < -0.39 is 47.0 Å². The minimum atomic E-state index is -3.83. The van der Waals surface area contributed by atoms with Crippen molar-refractivity contribution >= 4 is 27.8 Å². The van der Waals surface area contributed by atoms with Crippen molar-refractivity contribution in [3.8, 4) is 0 Å². The summed E-state index contributed by atoms with van der Waals surface area (Å²) in [5.41, 5.74) is 0.905. The molecular formula is C16H23N3O6S. The number of amides is 2. The molecule has 0 radical (unpaired) electrons. The average molecular weight is 385 g/mol. The highest BCUT2D eigenvalue weighted by Gasteiger charge is 2.20. The number of aryl methyl sites for hydroxylation is 1. The molecule has 0 unspecified atom stereocenters. The molecule has 0 heterocycles. The lowest BCUT2D eigenvalue weighted by molar-refractivity contribution is -0.157. The number of likely N-dealkylation sites (N-methyl/N-ethyl adjacent to an activating group) is 1. The van der Waals surface area contributed by atoms with Crippen molar-refractivity contribution < 1.29 is 27.5 Å². The first kappa shape index (κ1) is 21.6. The molecule has 1 aromatic carbocycles. The molecule has 1 rings (SSSR count). The van der Waals surface area contributed by atoms with Gasteiger partial charge in [-0.2, -0.15) is 0 Å². The van der Waals surface area contributed by atoms with E-state index in [1.54, 1.807) is 12.1 Å². The van der Waals surface area contributed by atoms with Gasteiger partial charge in [-0.3, -0.25) is 14.4 Å². The summed E-state index contributed by atoms with van der Waals surface area (Å²) in [6, 6.07) is 6.13. The van der Waals surface area contributed by atoms with Crippen LogP contribution >= 0.6 is 0 Å². The van der Waals surface area contributed by atoms with Crippen molar-refractivity contribution in [2.75, 3.05) is 27.2 Å².